The van der Waals surface area contributed by atoms with Crippen molar-refractivity contribution in [2.75, 3.05) is 19.8 Å². The summed E-state index contributed by atoms with van der Waals surface area (Å²) in [4.78, 5) is 81.6. The number of hydrogen-bond acceptors (Lipinski definition) is 17. The Morgan fingerprint density at radius 1 is 0.625 bits per heavy atom. The van der Waals surface area contributed by atoms with Gasteiger partial charge in [-0.2, -0.15) is 0 Å². The van der Waals surface area contributed by atoms with Crippen LogP contribution >= 0.6 is 0 Å². The zero-order chi connectivity index (χ0) is 39.9. The maximum atomic E-state index is 13.6. The predicted molar refractivity (Wildman–Crippen MR) is 175 cm³/mol. The lowest BCUT2D eigenvalue weighted by Gasteiger charge is -2.27. The summed E-state index contributed by atoms with van der Waals surface area (Å²) in [5.74, 6) is -9.75. The van der Waals surface area contributed by atoms with Crippen molar-refractivity contribution in [3.05, 3.63) is 35.4 Å². The molecule has 56 heavy (non-hydrogen) atoms. The molecule has 1 aromatic carbocycles. The first-order valence-electron chi connectivity index (χ1n) is 18.1. The van der Waals surface area contributed by atoms with Crippen molar-refractivity contribution in [2.45, 2.75) is 114 Å². The number of rotatable bonds is 12. The van der Waals surface area contributed by atoms with Crippen molar-refractivity contribution in [1.29, 1.82) is 0 Å². The average molecular weight is 794 g/mol. The van der Waals surface area contributed by atoms with Gasteiger partial charge in [-0.1, -0.05) is 12.1 Å². The number of carboxylic acids is 1. The summed E-state index contributed by atoms with van der Waals surface area (Å²) >= 11 is 0. The molecule has 0 bridgehead atoms. The van der Waals surface area contributed by atoms with Gasteiger partial charge < -0.3 is 47.7 Å². The number of fused-ring (bicyclic) bond motifs is 4. The lowest BCUT2D eigenvalue weighted by Crippen LogP contribution is -2.47. The first-order chi connectivity index (χ1) is 26.4. The lowest BCUT2D eigenvalue weighted by molar-refractivity contribution is -0.220. The number of carbonyl (C=O) groups is 5. The van der Waals surface area contributed by atoms with E-state index in [1.807, 2.05) is 0 Å². The summed E-state index contributed by atoms with van der Waals surface area (Å²) in [6.07, 6.45) is -9.13. The summed E-state index contributed by atoms with van der Waals surface area (Å²) in [5.41, 5.74) is 5.02. The molecule has 3 N–H and O–H groups in total. The van der Waals surface area contributed by atoms with E-state index in [2.05, 4.69) is 11.0 Å². The molecule has 7 aliphatic heterocycles. The third-order valence-corrected chi connectivity index (χ3v) is 10.3. The zero-order valence-corrected chi connectivity index (χ0v) is 31.2. The molecule has 0 saturated carbocycles. The number of benzene rings is 1. The fourth-order valence-corrected chi connectivity index (χ4v) is 7.99. The average Bonchev–Trinajstić information content (AvgIpc) is 3.95. The molecule has 0 spiro atoms. The van der Waals surface area contributed by atoms with E-state index in [0.29, 0.717) is 5.06 Å². The van der Waals surface area contributed by atoms with Crippen molar-refractivity contribution in [1.82, 2.24) is 16.0 Å². The number of carboxylic acid groups (broad SMARTS) is 1. The second kappa shape index (κ2) is 14.3. The van der Waals surface area contributed by atoms with E-state index in [4.69, 9.17) is 57.1 Å². The highest BCUT2D eigenvalue weighted by molar-refractivity contribution is 6.20. The molecule has 306 valence electrons. The van der Waals surface area contributed by atoms with Crippen LogP contribution in [0.1, 0.15) is 62.3 Å². The molecule has 0 unspecified atom stereocenters. The summed E-state index contributed by atoms with van der Waals surface area (Å²) in [6.45, 7) is 9.05. The Morgan fingerprint density at radius 2 is 1.00 bits per heavy atom. The zero-order valence-electron chi connectivity index (χ0n) is 31.2. The van der Waals surface area contributed by atoms with Crippen molar-refractivity contribution < 1.29 is 86.2 Å². The van der Waals surface area contributed by atoms with Crippen LogP contribution in [0.3, 0.4) is 0 Å². The van der Waals surface area contributed by atoms with Gasteiger partial charge in [0.1, 0.15) is 30.5 Å². The molecule has 4 amide bonds. The van der Waals surface area contributed by atoms with Crippen molar-refractivity contribution in [3.63, 3.8) is 0 Å². The number of amides is 4. The smallest absolute Gasteiger partial charge is 0.333 e. The van der Waals surface area contributed by atoms with Gasteiger partial charge in [-0.25, -0.2) is 15.8 Å². The third kappa shape index (κ3) is 7.20. The number of aliphatic carboxylic acids is 1. The Labute approximate surface area is 319 Å². The van der Waals surface area contributed by atoms with Crippen LogP contribution in [-0.4, -0.2) is 132 Å². The fourth-order valence-electron chi connectivity index (χ4n) is 7.99. The molecular formula is C35H43N3O18. The summed E-state index contributed by atoms with van der Waals surface area (Å²) < 4.78 is 52.5. The van der Waals surface area contributed by atoms with E-state index < -0.39 is 120 Å². The molecule has 6 fully saturated rings. The van der Waals surface area contributed by atoms with Gasteiger partial charge in [0.15, 0.2) is 42.3 Å². The minimum atomic E-state index is -1.31. The molecule has 21 nitrogen and oxygen atoms in total. The van der Waals surface area contributed by atoms with E-state index >= 15 is 0 Å². The molecular weight excluding hydrogens is 750 g/mol. The van der Waals surface area contributed by atoms with Gasteiger partial charge >= 0.3 is 5.97 Å². The predicted octanol–water partition coefficient (Wildman–Crippen LogP) is -0.128. The van der Waals surface area contributed by atoms with Crippen LogP contribution in [0.15, 0.2) is 24.3 Å². The van der Waals surface area contributed by atoms with Gasteiger partial charge in [0.25, 0.3) is 23.6 Å². The summed E-state index contributed by atoms with van der Waals surface area (Å²) in [7, 11) is 0. The Kier molecular flexibility index (Phi) is 9.98. The number of hydrogen-bond donors (Lipinski definition) is 3. The topological polar surface area (TPSA) is 244 Å². The van der Waals surface area contributed by atoms with Crippen LogP contribution in [0.25, 0.3) is 0 Å². The first-order valence-corrected chi connectivity index (χ1v) is 18.1. The maximum Gasteiger partial charge on any atom is 0.333 e. The Bertz CT molecular complexity index is 1740. The summed E-state index contributed by atoms with van der Waals surface area (Å²) in [5, 5.41) is 10.3. The highest BCUT2D eigenvalue weighted by atomic mass is 16.9. The van der Waals surface area contributed by atoms with Crippen LogP contribution in [0.5, 0.6) is 0 Å². The lowest BCUT2D eigenvalue weighted by atomic mass is 9.98. The van der Waals surface area contributed by atoms with Gasteiger partial charge in [0.2, 0.25) is 0 Å². The van der Waals surface area contributed by atoms with Crippen molar-refractivity contribution >= 4 is 29.6 Å². The monoisotopic (exact) mass is 793 g/mol. The number of hydroxylamine groups is 4. The molecule has 7 aliphatic rings. The van der Waals surface area contributed by atoms with E-state index in [1.54, 1.807) is 53.7 Å². The normalized spacial score (nSPS) is 38.4. The molecule has 0 aromatic heterocycles. The molecule has 21 heteroatoms. The SMILES string of the molecule is CC1(C)O[C@H]2O[C@H](C(=O)O)[C@@H](CONC(=O)[C@H]3O[C@@H]4OC(C)(C)O[C@@H]4[C@@H]3CONC(=O)[C@H]3O[C@@H]4OC(C)(C)O[C@@H]4[C@@H]3CON3C(=O)c4ccccc4C3=O)[C@H]2O1. The Balaban J connectivity index is 0.893. The van der Waals surface area contributed by atoms with Gasteiger partial charge in [-0.05, 0) is 53.7 Å². The quantitative estimate of drug-likeness (QED) is 0.184. The van der Waals surface area contributed by atoms with Gasteiger partial charge in [0.05, 0.1) is 48.7 Å². The molecule has 0 aliphatic carbocycles. The maximum absolute atomic E-state index is 13.6. The largest absolute Gasteiger partial charge is 0.479 e. The number of nitrogens with zero attached hydrogens (tertiary/aromatic N) is 1. The van der Waals surface area contributed by atoms with Crippen molar-refractivity contribution in [3.8, 4) is 0 Å². The van der Waals surface area contributed by atoms with Gasteiger partial charge in [-0.3, -0.25) is 33.7 Å². The number of imide groups is 1. The van der Waals surface area contributed by atoms with Crippen LogP contribution in [0, 0.1) is 17.8 Å². The molecule has 0 radical (unpaired) electrons. The molecule has 6 saturated heterocycles. The summed E-state index contributed by atoms with van der Waals surface area (Å²) in [6, 6.07) is 6.28. The minimum absolute atomic E-state index is 0.185. The van der Waals surface area contributed by atoms with E-state index in [9.17, 15) is 29.1 Å². The minimum Gasteiger partial charge on any atom is -0.479 e. The third-order valence-electron chi connectivity index (χ3n) is 10.3. The van der Waals surface area contributed by atoms with Crippen LogP contribution in [-0.2, 0) is 71.5 Å². The first kappa shape index (κ1) is 39.1. The molecule has 1 aromatic rings. The molecule has 8 rings (SSSR count). The van der Waals surface area contributed by atoms with Crippen LogP contribution in [0.4, 0.5) is 0 Å². The second-order valence-corrected chi connectivity index (χ2v) is 15.7. The van der Waals surface area contributed by atoms with E-state index in [0.717, 1.165) is 0 Å². The van der Waals surface area contributed by atoms with E-state index in [-0.39, 0.29) is 30.9 Å². The van der Waals surface area contributed by atoms with Crippen LogP contribution < -0.4 is 11.0 Å². The highest BCUT2D eigenvalue weighted by Crippen LogP contribution is 2.44. The standard InChI is InChI=1S/C35H43N3O18/c1-33(2)51-22-16(19(48-30(22)54-33)25(39)36-46-12-17-21(29(43)44)50-32-23(17)52-34(3,4)56-32)11-45-37-26(40)20-18(24-31(49-20)55-35(5,6)53-24)13-47-38-27(41)14-9-7-8-10-15(14)28(38)42/h7-10,16-24,30-32H,11-13H2,1-6H3,(H,36,39)(H,37,40)(H,43,44)/t16-,17-,18-,19+,20+,21+,22-,23-,24-,30-,31-,32-/m1/s1. The number of nitrogens with one attached hydrogen (secondary N) is 2. The number of carbonyl (C=O) groups excluding carboxylic acids is 4. The Morgan fingerprint density at radius 3 is 1.41 bits per heavy atom. The van der Waals surface area contributed by atoms with Crippen molar-refractivity contribution in [2.24, 2.45) is 17.8 Å². The molecule has 12 atom stereocenters. The van der Waals surface area contributed by atoms with Gasteiger partial charge in [0, 0.05) is 0 Å². The van der Waals surface area contributed by atoms with E-state index in [1.165, 1.54) is 12.1 Å². The molecule has 7 heterocycles. The Hall–Kier alpha value is -3.71. The second-order valence-electron chi connectivity index (χ2n) is 15.7. The fraction of sp³-hybridized carbons (Fsp3) is 0.686. The van der Waals surface area contributed by atoms with Crippen LogP contribution in [0.2, 0.25) is 0 Å². The number of ether oxygens (including phenoxy) is 9. The highest BCUT2D eigenvalue weighted by Gasteiger charge is 2.60. The van der Waals surface area contributed by atoms with Gasteiger partial charge in [-0.15, -0.1) is 5.06 Å².